The molecule has 2 unspecified atom stereocenters. The fourth-order valence-corrected chi connectivity index (χ4v) is 6.37. The van der Waals surface area contributed by atoms with E-state index in [1.54, 1.807) is 12.3 Å². The highest BCUT2D eigenvalue weighted by Crippen LogP contribution is 2.45. The van der Waals surface area contributed by atoms with Crippen molar-refractivity contribution in [2.45, 2.75) is 31.8 Å². The molecule has 0 spiro atoms. The minimum absolute atomic E-state index is 0.0616. The van der Waals surface area contributed by atoms with Gasteiger partial charge in [0.05, 0.1) is 46.1 Å². The van der Waals surface area contributed by atoms with E-state index in [4.69, 9.17) is 33.0 Å². The molecular formula is C31H30ClN5O4S. The number of halogens is 1. The quantitative estimate of drug-likeness (QED) is 0.132. The van der Waals surface area contributed by atoms with Crippen molar-refractivity contribution in [3.63, 3.8) is 0 Å². The first-order valence-electron chi connectivity index (χ1n) is 13.8. The summed E-state index contributed by atoms with van der Waals surface area (Å²) in [6, 6.07) is 19.3. The van der Waals surface area contributed by atoms with Gasteiger partial charge in [-0.2, -0.15) is 0 Å². The van der Waals surface area contributed by atoms with Gasteiger partial charge in [-0.25, -0.2) is 0 Å². The largest absolute Gasteiger partial charge is 0.496 e. The number of anilines is 2. The van der Waals surface area contributed by atoms with Gasteiger partial charge in [-0.15, -0.1) is 0 Å². The van der Waals surface area contributed by atoms with Gasteiger partial charge in [-0.3, -0.25) is 15.1 Å². The van der Waals surface area contributed by atoms with Crippen molar-refractivity contribution >= 4 is 46.0 Å². The van der Waals surface area contributed by atoms with Gasteiger partial charge in [0.1, 0.15) is 23.3 Å². The van der Waals surface area contributed by atoms with E-state index in [2.05, 4.69) is 28.2 Å². The van der Waals surface area contributed by atoms with Crippen LogP contribution in [-0.4, -0.2) is 35.2 Å². The van der Waals surface area contributed by atoms with E-state index in [9.17, 15) is 10.1 Å². The number of non-ortho nitro benzene ring substituents is 1. The molecule has 0 amide bonds. The van der Waals surface area contributed by atoms with Crippen LogP contribution in [0.3, 0.4) is 0 Å². The summed E-state index contributed by atoms with van der Waals surface area (Å²) in [4.78, 5) is 19.8. The molecule has 216 valence electrons. The van der Waals surface area contributed by atoms with E-state index >= 15 is 0 Å². The summed E-state index contributed by atoms with van der Waals surface area (Å²) >= 11 is 12.8. The first kappa shape index (κ1) is 28.0. The molecule has 9 nitrogen and oxygen atoms in total. The Morgan fingerprint density at radius 2 is 1.93 bits per heavy atom. The second-order valence-electron chi connectivity index (χ2n) is 10.6. The first-order chi connectivity index (χ1) is 20.3. The van der Waals surface area contributed by atoms with Gasteiger partial charge >= 0.3 is 0 Å². The summed E-state index contributed by atoms with van der Waals surface area (Å²) in [6.45, 7) is 4.25. The Kier molecular flexibility index (Phi) is 7.74. The van der Waals surface area contributed by atoms with Crippen molar-refractivity contribution in [1.29, 1.82) is 0 Å². The minimum atomic E-state index is -0.456. The van der Waals surface area contributed by atoms with Crippen LogP contribution in [0, 0.1) is 16.0 Å². The van der Waals surface area contributed by atoms with E-state index in [1.807, 2.05) is 47.4 Å². The molecule has 42 heavy (non-hydrogen) atoms. The van der Waals surface area contributed by atoms with Gasteiger partial charge in [-0.1, -0.05) is 24.6 Å². The molecule has 2 fully saturated rings. The maximum atomic E-state index is 11.3. The molecule has 0 aliphatic carbocycles. The molecule has 4 heterocycles. The highest BCUT2D eigenvalue weighted by molar-refractivity contribution is 7.80. The Morgan fingerprint density at radius 3 is 2.62 bits per heavy atom. The van der Waals surface area contributed by atoms with Crippen molar-refractivity contribution in [2.24, 2.45) is 5.92 Å². The number of furan rings is 1. The van der Waals surface area contributed by atoms with Gasteiger partial charge < -0.3 is 24.3 Å². The lowest BCUT2D eigenvalue weighted by atomic mass is 9.98. The fraction of sp³-hybridized carbons (Fsp3) is 0.290. The van der Waals surface area contributed by atoms with Crippen molar-refractivity contribution in [3.05, 3.63) is 99.5 Å². The zero-order chi connectivity index (χ0) is 29.4. The normalized spacial score (nSPS) is 19.2. The molecule has 2 aliphatic rings. The van der Waals surface area contributed by atoms with Gasteiger partial charge in [0.25, 0.3) is 5.69 Å². The number of ether oxygens (including phenoxy) is 1. The minimum Gasteiger partial charge on any atom is -0.496 e. The average molecular weight is 604 g/mol. The number of nitrogens with one attached hydrogen (secondary N) is 1. The Labute approximate surface area is 254 Å². The highest BCUT2D eigenvalue weighted by atomic mass is 35.5. The molecule has 4 aromatic rings. The molecule has 2 saturated heterocycles. The molecule has 2 aliphatic heterocycles. The molecule has 2 atom stereocenters. The molecule has 11 heteroatoms. The van der Waals surface area contributed by atoms with Crippen LogP contribution in [0.4, 0.5) is 17.1 Å². The van der Waals surface area contributed by atoms with Crippen molar-refractivity contribution < 1.29 is 14.1 Å². The predicted octanol–water partition coefficient (Wildman–Crippen LogP) is 7.33. The van der Waals surface area contributed by atoms with Crippen LogP contribution in [0.25, 0.3) is 11.3 Å². The lowest BCUT2D eigenvalue weighted by Gasteiger charge is -2.33. The molecule has 1 N–H and O–H groups in total. The third kappa shape index (κ3) is 5.28. The van der Waals surface area contributed by atoms with Crippen LogP contribution < -0.4 is 19.9 Å². The van der Waals surface area contributed by atoms with Crippen LogP contribution in [-0.2, 0) is 0 Å². The first-order valence-corrected chi connectivity index (χ1v) is 14.6. The third-order valence-electron chi connectivity index (χ3n) is 8.01. The van der Waals surface area contributed by atoms with E-state index < -0.39 is 4.92 Å². The van der Waals surface area contributed by atoms with Crippen LogP contribution in [0.15, 0.2) is 77.3 Å². The molecule has 0 radical (unpaired) electrons. The van der Waals surface area contributed by atoms with E-state index in [-0.39, 0.29) is 17.8 Å². The lowest BCUT2D eigenvalue weighted by molar-refractivity contribution is -0.384. The number of aromatic nitrogens is 1. The molecule has 2 aromatic carbocycles. The number of nitro groups is 1. The maximum absolute atomic E-state index is 11.3. The third-order valence-corrected chi connectivity index (χ3v) is 8.63. The number of benzene rings is 2. The summed E-state index contributed by atoms with van der Waals surface area (Å²) in [5.74, 6) is 2.22. The number of pyridine rings is 1. The number of piperidine rings is 1. The van der Waals surface area contributed by atoms with Gasteiger partial charge in [-0.05, 0) is 79.5 Å². The van der Waals surface area contributed by atoms with Gasteiger partial charge in [0.2, 0.25) is 0 Å². The molecule has 2 aromatic heterocycles. The molecule has 6 rings (SSSR count). The number of thiocarbonyl (C=S) groups is 1. The zero-order valence-corrected chi connectivity index (χ0v) is 24.8. The second-order valence-corrected chi connectivity index (χ2v) is 11.4. The van der Waals surface area contributed by atoms with Gasteiger partial charge in [0, 0.05) is 31.0 Å². The van der Waals surface area contributed by atoms with Crippen LogP contribution in [0.1, 0.15) is 43.3 Å². The van der Waals surface area contributed by atoms with Gasteiger partial charge in [0.15, 0.2) is 5.11 Å². The van der Waals surface area contributed by atoms with E-state index in [1.165, 1.54) is 19.2 Å². The Balaban J connectivity index is 1.39. The summed E-state index contributed by atoms with van der Waals surface area (Å²) in [6.07, 6.45) is 4.04. The average Bonchev–Trinajstić information content (AvgIpc) is 3.62. The number of nitrogens with zero attached hydrogens (tertiary/aromatic N) is 4. The number of methoxy groups -OCH3 is 1. The van der Waals surface area contributed by atoms with Crippen LogP contribution >= 0.6 is 23.8 Å². The van der Waals surface area contributed by atoms with Crippen molar-refractivity contribution in [2.75, 3.05) is 30.0 Å². The SMILES string of the molecule is COc1cc([N+](=O)[O-])ccc1-c1ccc(C2C(c3ccccn3)NC(=S)N2c2ccc(N3CCC(C)CC3)c(Cl)c2)o1. The standard InChI is InChI=1S/C31H30ClN5O4S/c1-19-12-15-35(16-13-19)25-9-7-20(17-23(25)32)36-30(29(34-31(36)42)24-5-3-4-14-33-24)27-11-10-26(41-27)22-8-6-21(37(38)39)18-28(22)40-2/h3-11,14,17-19,29-30H,12-13,15-16H2,1-2H3,(H,34,42). The summed E-state index contributed by atoms with van der Waals surface area (Å²) in [5, 5.41) is 15.9. The van der Waals surface area contributed by atoms with E-state index in [0.717, 1.165) is 48.9 Å². The smallest absolute Gasteiger partial charge is 0.273 e. The van der Waals surface area contributed by atoms with Crippen molar-refractivity contribution in [1.82, 2.24) is 10.3 Å². The summed E-state index contributed by atoms with van der Waals surface area (Å²) in [7, 11) is 1.47. The zero-order valence-electron chi connectivity index (χ0n) is 23.2. The fourth-order valence-electron chi connectivity index (χ4n) is 5.73. The summed E-state index contributed by atoms with van der Waals surface area (Å²) < 4.78 is 11.9. The Morgan fingerprint density at radius 1 is 1.12 bits per heavy atom. The molecule has 0 saturated carbocycles. The van der Waals surface area contributed by atoms with Crippen molar-refractivity contribution in [3.8, 4) is 17.1 Å². The number of rotatable bonds is 7. The number of hydrogen-bond donors (Lipinski definition) is 1. The lowest BCUT2D eigenvalue weighted by Crippen LogP contribution is -2.33. The summed E-state index contributed by atoms with van der Waals surface area (Å²) in [5.41, 5.74) is 3.21. The number of nitro benzene ring substituents is 1. The van der Waals surface area contributed by atoms with Crippen LogP contribution in [0.2, 0.25) is 5.02 Å². The number of hydrogen-bond acceptors (Lipinski definition) is 7. The van der Waals surface area contributed by atoms with E-state index in [0.29, 0.717) is 33.0 Å². The molecular weight excluding hydrogens is 574 g/mol. The second kappa shape index (κ2) is 11.6. The monoisotopic (exact) mass is 603 g/mol. The molecule has 0 bridgehead atoms. The predicted molar refractivity (Wildman–Crippen MR) is 167 cm³/mol. The topological polar surface area (TPSA) is 96.9 Å². The Hall–Kier alpha value is -4.15. The van der Waals surface area contributed by atoms with Crippen LogP contribution in [0.5, 0.6) is 5.75 Å². The Bertz CT molecular complexity index is 1620. The highest BCUT2D eigenvalue weighted by Gasteiger charge is 2.43. The maximum Gasteiger partial charge on any atom is 0.273 e.